The second kappa shape index (κ2) is 7.62. The number of sulfone groups is 1. The van der Waals surface area contributed by atoms with Crippen molar-refractivity contribution in [2.75, 3.05) is 24.6 Å². The Hall–Kier alpha value is -2.68. The molecule has 9 heteroatoms. The van der Waals surface area contributed by atoms with Crippen molar-refractivity contribution in [1.29, 1.82) is 0 Å². The van der Waals surface area contributed by atoms with Crippen LogP contribution in [0.4, 0.5) is 4.79 Å². The molecule has 29 heavy (non-hydrogen) atoms. The van der Waals surface area contributed by atoms with Gasteiger partial charge in [0, 0.05) is 12.6 Å². The minimum atomic E-state index is -3.19. The van der Waals surface area contributed by atoms with Gasteiger partial charge in [-0.2, -0.15) is 0 Å². The zero-order valence-electron chi connectivity index (χ0n) is 16.6. The Morgan fingerprint density at radius 3 is 2.55 bits per heavy atom. The van der Waals surface area contributed by atoms with Gasteiger partial charge in [0.1, 0.15) is 12.1 Å². The van der Waals surface area contributed by atoms with Crippen molar-refractivity contribution in [3.8, 4) is 0 Å². The molecule has 2 heterocycles. The van der Waals surface area contributed by atoms with Crippen LogP contribution in [-0.2, 0) is 25.0 Å². The van der Waals surface area contributed by atoms with Crippen LogP contribution in [0.3, 0.4) is 0 Å². The van der Waals surface area contributed by atoms with E-state index in [4.69, 9.17) is 0 Å². The van der Waals surface area contributed by atoms with Crippen LogP contribution in [0.25, 0.3) is 0 Å². The summed E-state index contributed by atoms with van der Waals surface area (Å²) in [6.45, 7) is 6.85. The highest BCUT2D eigenvalue weighted by Crippen LogP contribution is 2.29. The molecule has 8 nitrogen and oxygen atoms in total. The van der Waals surface area contributed by atoms with Crippen molar-refractivity contribution in [1.82, 2.24) is 15.1 Å². The van der Waals surface area contributed by atoms with Crippen molar-refractivity contribution in [2.45, 2.75) is 31.8 Å². The van der Waals surface area contributed by atoms with Crippen LogP contribution in [0.5, 0.6) is 0 Å². The molecule has 1 aromatic carbocycles. The Morgan fingerprint density at radius 1 is 1.34 bits per heavy atom. The lowest BCUT2D eigenvalue weighted by atomic mass is 9.91. The number of benzene rings is 1. The van der Waals surface area contributed by atoms with Crippen LogP contribution in [0.1, 0.15) is 24.5 Å². The molecule has 1 aromatic rings. The van der Waals surface area contributed by atoms with E-state index in [0.29, 0.717) is 12.0 Å². The molecular formula is C20H25N3O5S. The number of nitrogens with zero attached hydrogens (tertiary/aromatic N) is 2. The summed E-state index contributed by atoms with van der Waals surface area (Å²) in [5.74, 6) is -1.10. The van der Waals surface area contributed by atoms with E-state index in [1.165, 1.54) is 11.0 Å². The molecule has 156 valence electrons. The third kappa shape index (κ3) is 4.05. The number of nitrogens with one attached hydrogen (secondary N) is 1. The van der Waals surface area contributed by atoms with Gasteiger partial charge in [0.25, 0.3) is 5.91 Å². The molecule has 2 atom stereocenters. The van der Waals surface area contributed by atoms with Crippen LogP contribution >= 0.6 is 0 Å². The zero-order chi connectivity index (χ0) is 21.4. The summed E-state index contributed by atoms with van der Waals surface area (Å²) in [6.07, 6.45) is 1.84. The molecule has 2 aliphatic heterocycles. The second-order valence-electron chi connectivity index (χ2n) is 7.70. The van der Waals surface area contributed by atoms with Crippen molar-refractivity contribution < 1.29 is 22.8 Å². The predicted molar refractivity (Wildman–Crippen MR) is 108 cm³/mol. The van der Waals surface area contributed by atoms with Crippen molar-refractivity contribution in [3.05, 3.63) is 48.0 Å². The molecule has 0 bridgehead atoms. The van der Waals surface area contributed by atoms with E-state index < -0.39 is 45.8 Å². The second-order valence-corrected chi connectivity index (χ2v) is 9.93. The summed E-state index contributed by atoms with van der Waals surface area (Å²) in [5, 5.41) is 2.68. The summed E-state index contributed by atoms with van der Waals surface area (Å²) in [6, 6.07) is 6.11. The average Bonchev–Trinajstić information content (AvgIpc) is 3.12. The topological polar surface area (TPSA) is 104 Å². The Balaban J connectivity index is 1.78. The van der Waals surface area contributed by atoms with Gasteiger partial charge in [-0.3, -0.25) is 14.5 Å². The number of urea groups is 1. The molecule has 0 aromatic heterocycles. The number of amides is 4. The number of aryl methyl sites for hydroxylation is 1. The fraction of sp³-hybridized carbons (Fsp3) is 0.450. The number of rotatable bonds is 6. The molecule has 1 N–H and O–H groups in total. The standard InChI is InChI=1S/C20H25N3O5S/c1-4-10-22(16-9-11-29(27,28)13-16)17(24)12-23-18(25)20(3,21-19(23)26)15-7-5-14(2)6-8-15/h4-8,16H,1,9-13H2,2-3H3,(H,21,26). The SMILES string of the molecule is C=CCN(C(=O)CN1C(=O)NC(C)(c2ccc(C)cc2)C1=O)C1CCS(=O)(=O)C1. The highest BCUT2D eigenvalue weighted by Gasteiger charge is 2.50. The fourth-order valence-electron chi connectivity index (χ4n) is 3.76. The van der Waals surface area contributed by atoms with Crippen molar-refractivity contribution in [3.63, 3.8) is 0 Å². The third-order valence-electron chi connectivity index (χ3n) is 5.49. The van der Waals surface area contributed by atoms with Crippen molar-refractivity contribution in [2.24, 2.45) is 0 Å². The number of hydrogen-bond donors (Lipinski definition) is 1. The first-order valence-corrected chi connectivity index (χ1v) is 11.2. The molecule has 3 rings (SSSR count). The summed E-state index contributed by atoms with van der Waals surface area (Å²) >= 11 is 0. The van der Waals surface area contributed by atoms with E-state index in [-0.39, 0.29) is 18.1 Å². The zero-order valence-corrected chi connectivity index (χ0v) is 17.4. The Morgan fingerprint density at radius 2 is 2.00 bits per heavy atom. The number of imide groups is 1. The summed E-state index contributed by atoms with van der Waals surface area (Å²) in [4.78, 5) is 40.7. The van der Waals surface area contributed by atoms with Crippen LogP contribution in [0, 0.1) is 6.92 Å². The summed E-state index contributed by atoms with van der Waals surface area (Å²) in [5.41, 5.74) is 0.388. The predicted octanol–water partition coefficient (Wildman–Crippen LogP) is 0.964. The maximum Gasteiger partial charge on any atom is 0.325 e. The molecule has 2 saturated heterocycles. The minimum Gasteiger partial charge on any atom is -0.333 e. The highest BCUT2D eigenvalue weighted by molar-refractivity contribution is 7.91. The number of hydrogen-bond acceptors (Lipinski definition) is 5. The van der Waals surface area contributed by atoms with Gasteiger partial charge in [-0.05, 0) is 25.8 Å². The maximum absolute atomic E-state index is 13.0. The molecule has 4 amide bonds. The first kappa shape index (κ1) is 21.0. The van der Waals surface area contributed by atoms with Gasteiger partial charge < -0.3 is 10.2 Å². The average molecular weight is 420 g/mol. The van der Waals surface area contributed by atoms with Crippen LogP contribution < -0.4 is 5.32 Å². The Labute approximate surface area is 170 Å². The molecule has 2 fully saturated rings. The van der Waals surface area contributed by atoms with Gasteiger partial charge in [0.15, 0.2) is 9.84 Å². The van der Waals surface area contributed by atoms with E-state index >= 15 is 0 Å². The maximum atomic E-state index is 13.0. The quantitative estimate of drug-likeness (QED) is 0.546. The van der Waals surface area contributed by atoms with E-state index in [2.05, 4.69) is 11.9 Å². The molecule has 0 saturated carbocycles. The lowest BCUT2D eigenvalue weighted by Gasteiger charge is -2.28. The summed E-state index contributed by atoms with van der Waals surface area (Å²) < 4.78 is 23.6. The van der Waals surface area contributed by atoms with Gasteiger partial charge in [0.2, 0.25) is 5.91 Å². The van der Waals surface area contributed by atoms with Crippen molar-refractivity contribution >= 4 is 27.7 Å². The minimum absolute atomic E-state index is 0.0210. The normalized spacial score (nSPS) is 25.7. The lowest BCUT2D eigenvalue weighted by molar-refractivity contribution is -0.139. The van der Waals surface area contributed by atoms with E-state index in [0.717, 1.165) is 10.5 Å². The molecular weight excluding hydrogens is 394 g/mol. The van der Waals surface area contributed by atoms with Crippen LogP contribution in [0.15, 0.2) is 36.9 Å². The molecule has 0 radical (unpaired) electrons. The van der Waals surface area contributed by atoms with E-state index in [1.54, 1.807) is 19.1 Å². The first-order chi connectivity index (χ1) is 13.6. The fourth-order valence-corrected chi connectivity index (χ4v) is 5.49. The summed E-state index contributed by atoms with van der Waals surface area (Å²) in [7, 11) is -3.19. The van der Waals surface area contributed by atoms with Gasteiger partial charge >= 0.3 is 6.03 Å². The third-order valence-corrected chi connectivity index (χ3v) is 7.24. The van der Waals surface area contributed by atoms with E-state index in [9.17, 15) is 22.8 Å². The molecule has 0 spiro atoms. The molecule has 0 aliphatic carbocycles. The molecule has 2 unspecified atom stereocenters. The van der Waals surface area contributed by atoms with Gasteiger partial charge in [-0.15, -0.1) is 6.58 Å². The van der Waals surface area contributed by atoms with Crippen LogP contribution in [0.2, 0.25) is 0 Å². The first-order valence-electron chi connectivity index (χ1n) is 9.39. The highest BCUT2D eigenvalue weighted by atomic mass is 32.2. The van der Waals surface area contributed by atoms with E-state index in [1.807, 2.05) is 19.1 Å². The molecule has 2 aliphatic rings. The van der Waals surface area contributed by atoms with Gasteiger partial charge in [-0.1, -0.05) is 35.9 Å². The largest absolute Gasteiger partial charge is 0.333 e. The smallest absolute Gasteiger partial charge is 0.325 e. The number of carbonyl (C=O) groups is 3. The monoisotopic (exact) mass is 419 g/mol. The van der Waals surface area contributed by atoms with Gasteiger partial charge in [0.05, 0.1) is 11.5 Å². The Kier molecular flexibility index (Phi) is 5.53. The van der Waals surface area contributed by atoms with Crippen LogP contribution in [-0.4, -0.2) is 66.7 Å². The number of carbonyl (C=O) groups excluding carboxylic acids is 3. The van der Waals surface area contributed by atoms with Gasteiger partial charge in [-0.25, -0.2) is 13.2 Å². The lowest BCUT2D eigenvalue weighted by Crippen LogP contribution is -2.48. The Bertz CT molecular complexity index is 957.